The summed E-state index contributed by atoms with van der Waals surface area (Å²) in [5.41, 5.74) is 0.819. The minimum Gasteiger partial charge on any atom is -0.463 e. The molecule has 2 aromatic carbocycles. The minimum atomic E-state index is -0.562. The molecule has 0 aliphatic heterocycles. The first-order valence-corrected chi connectivity index (χ1v) is 9.63. The molecule has 8 heteroatoms. The molecule has 0 amide bonds. The van der Waals surface area contributed by atoms with Gasteiger partial charge in [-0.05, 0) is 48.5 Å². The third-order valence-electron chi connectivity index (χ3n) is 4.22. The van der Waals surface area contributed by atoms with E-state index in [0.29, 0.717) is 33.3 Å². The van der Waals surface area contributed by atoms with E-state index in [1.807, 2.05) is 0 Å². The summed E-state index contributed by atoms with van der Waals surface area (Å²) in [4.78, 5) is 29.3. The number of thioether (sulfide) groups is 1. The Kier molecular flexibility index (Phi) is 5.18. The van der Waals surface area contributed by atoms with Crippen LogP contribution in [0.15, 0.2) is 75.0 Å². The van der Waals surface area contributed by atoms with Crippen LogP contribution in [0.25, 0.3) is 16.6 Å². The molecule has 0 radical (unpaired) electrons. The highest BCUT2D eigenvalue weighted by atomic mass is 32.2. The molecular weight excluding hydrogens is 395 g/mol. The van der Waals surface area contributed by atoms with E-state index in [1.54, 1.807) is 30.3 Å². The van der Waals surface area contributed by atoms with Crippen LogP contribution in [0.4, 0.5) is 4.39 Å². The number of hydrogen-bond acceptors (Lipinski definition) is 6. The molecule has 2 aromatic heterocycles. The number of esters is 1. The number of nitrogens with zero attached hydrogens (tertiary/aromatic N) is 2. The maximum Gasteiger partial charge on any atom is 0.373 e. The summed E-state index contributed by atoms with van der Waals surface area (Å²) in [7, 11) is 1.28. The number of aromatic nitrogens is 2. The molecular formula is C21H15FN2O4S. The van der Waals surface area contributed by atoms with Crippen LogP contribution in [-0.4, -0.2) is 22.6 Å². The molecule has 0 bridgehead atoms. The zero-order valence-electron chi connectivity index (χ0n) is 15.3. The number of halogens is 1. The van der Waals surface area contributed by atoms with Gasteiger partial charge in [0, 0.05) is 0 Å². The Bertz CT molecular complexity index is 1250. The summed E-state index contributed by atoms with van der Waals surface area (Å²) < 4.78 is 24.9. The van der Waals surface area contributed by atoms with E-state index in [0.717, 1.165) is 0 Å². The van der Waals surface area contributed by atoms with E-state index < -0.39 is 11.8 Å². The van der Waals surface area contributed by atoms with Gasteiger partial charge in [0.05, 0.1) is 29.5 Å². The molecule has 0 unspecified atom stereocenters. The molecule has 2 heterocycles. The van der Waals surface area contributed by atoms with Gasteiger partial charge >= 0.3 is 5.97 Å². The summed E-state index contributed by atoms with van der Waals surface area (Å²) in [6.07, 6.45) is 0. The van der Waals surface area contributed by atoms with Crippen LogP contribution in [0.5, 0.6) is 0 Å². The summed E-state index contributed by atoms with van der Waals surface area (Å²) in [5.74, 6) is 0.0149. The van der Waals surface area contributed by atoms with Gasteiger partial charge in [0.25, 0.3) is 5.56 Å². The van der Waals surface area contributed by atoms with Crippen LogP contribution in [-0.2, 0) is 10.5 Å². The van der Waals surface area contributed by atoms with Crippen molar-refractivity contribution in [3.05, 3.63) is 88.4 Å². The largest absolute Gasteiger partial charge is 0.463 e. The van der Waals surface area contributed by atoms with Gasteiger partial charge in [0.2, 0.25) is 5.76 Å². The number of rotatable bonds is 5. The molecule has 0 aliphatic rings. The summed E-state index contributed by atoms with van der Waals surface area (Å²) in [6, 6.07) is 15.9. The maximum absolute atomic E-state index is 13.4. The second-order valence-electron chi connectivity index (χ2n) is 6.07. The average molecular weight is 410 g/mol. The van der Waals surface area contributed by atoms with Crippen molar-refractivity contribution in [1.29, 1.82) is 0 Å². The van der Waals surface area contributed by atoms with E-state index in [1.165, 1.54) is 53.8 Å². The topological polar surface area (TPSA) is 74.3 Å². The Morgan fingerprint density at radius 2 is 1.90 bits per heavy atom. The van der Waals surface area contributed by atoms with Gasteiger partial charge in [0.1, 0.15) is 11.6 Å². The lowest BCUT2D eigenvalue weighted by Gasteiger charge is -2.12. The highest BCUT2D eigenvalue weighted by Gasteiger charge is 2.16. The van der Waals surface area contributed by atoms with Gasteiger partial charge in [-0.15, -0.1) is 0 Å². The highest BCUT2D eigenvalue weighted by molar-refractivity contribution is 7.98. The second kappa shape index (κ2) is 7.92. The number of fused-ring (bicyclic) bond motifs is 1. The lowest BCUT2D eigenvalue weighted by Crippen LogP contribution is -2.21. The average Bonchev–Trinajstić information content (AvgIpc) is 3.22. The normalized spacial score (nSPS) is 11.0. The van der Waals surface area contributed by atoms with Gasteiger partial charge < -0.3 is 9.15 Å². The van der Waals surface area contributed by atoms with Crippen molar-refractivity contribution < 1.29 is 18.3 Å². The van der Waals surface area contributed by atoms with E-state index in [4.69, 9.17) is 4.42 Å². The van der Waals surface area contributed by atoms with E-state index in [-0.39, 0.29) is 11.3 Å². The second-order valence-corrected chi connectivity index (χ2v) is 7.02. The number of para-hydroxylation sites is 1. The molecule has 0 N–H and O–H groups in total. The molecule has 4 aromatic rings. The third-order valence-corrected chi connectivity index (χ3v) is 5.18. The predicted molar refractivity (Wildman–Crippen MR) is 107 cm³/mol. The fraction of sp³-hybridized carbons (Fsp3) is 0.0952. The number of carbonyl (C=O) groups is 1. The Morgan fingerprint density at radius 3 is 2.66 bits per heavy atom. The fourth-order valence-corrected chi connectivity index (χ4v) is 3.74. The third kappa shape index (κ3) is 3.79. The van der Waals surface area contributed by atoms with Crippen LogP contribution < -0.4 is 5.56 Å². The highest BCUT2D eigenvalue weighted by Crippen LogP contribution is 2.25. The van der Waals surface area contributed by atoms with Gasteiger partial charge in [0.15, 0.2) is 5.16 Å². The zero-order chi connectivity index (χ0) is 20.4. The van der Waals surface area contributed by atoms with E-state index in [2.05, 4.69) is 9.72 Å². The van der Waals surface area contributed by atoms with Crippen molar-refractivity contribution in [2.45, 2.75) is 10.9 Å². The van der Waals surface area contributed by atoms with Gasteiger partial charge in [-0.25, -0.2) is 14.2 Å². The van der Waals surface area contributed by atoms with Crippen molar-refractivity contribution in [1.82, 2.24) is 9.55 Å². The molecule has 0 atom stereocenters. The predicted octanol–water partition coefficient (Wildman–Crippen LogP) is 4.20. The van der Waals surface area contributed by atoms with Crippen molar-refractivity contribution in [2.24, 2.45) is 0 Å². The van der Waals surface area contributed by atoms with Gasteiger partial charge in [-0.3, -0.25) is 9.36 Å². The molecule has 4 rings (SSSR count). The molecule has 6 nitrogen and oxygen atoms in total. The van der Waals surface area contributed by atoms with E-state index in [9.17, 15) is 14.0 Å². The lowest BCUT2D eigenvalue weighted by atomic mass is 10.2. The quantitative estimate of drug-likeness (QED) is 0.279. The molecule has 146 valence electrons. The summed E-state index contributed by atoms with van der Waals surface area (Å²) in [5, 5.41) is 0.892. The Morgan fingerprint density at radius 1 is 1.14 bits per heavy atom. The number of methoxy groups -OCH3 is 1. The number of ether oxygens (including phenoxy) is 1. The maximum atomic E-state index is 13.4. The Balaban J connectivity index is 1.75. The number of carbonyl (C=O) groups excluding carboxylic acids is 1. The molecule has 0 fully saturated rings. The number of hydrogen-bond donors (Lipinski definition) is 0. The number of furan rings is 1. The fourth-order valence-electron chi connectivity index (χ4n) is 2.83. The summed E-state index contributed by atoms with van der Waals surface area (Å²) in [6.45, 7) is 0. The monoisotopic (exact) mass is 410 g/mol. The van der Waals surface area contributed by atoms with Crippen molar-refractivity contribution in [3.63, 3.8) is 0 Å². The Labute approximate surface area is 168 Å². The van der Waals surface area contributed by atoms with Crippen LogP contribution in [0.3, 0.4) is 0 Å². The van der Waals surface area contributed by atoms with Crippen molar-refractivity contribution >= 4 is 28.6 Å². The molecule has 0 saturated heterocycles. The van der Waals surface area contributed by atoms with Crippen molar-refractivity contribution in [3.8, 4) is 5.69 Å². The standard InChI is InChI=1S/C21H15FN2O4S/c1-27-20(26)18-11-10-15(28-18)12-29-21-23-17-5-3-2-4-16(17)19(25)24(21)14-8-6-13(22)7-9-14/h2-11H,12H2,1H3. The molecule has 0 aliphatic carbocycles. The molecule has 0 spiro atoms. The first kappa shape index (κ1) is 18.9. The summed E-state index contributed by atoms with van der Waals surface area (Å²) >= 11 is 1.27. The van der Waals surface area contributed by atoms with Crippen LogP contribution >= 0.6 is 11.8 Å². The van der Waals surface area contributed by atoms with Gasteiger partial charge in [-0.2, -0.15) is 0 Å². The van der Waals surface area contributed by atoms with Gasteiger partial charge in [-0.1, -0.05) is 23.9 Å². The zero-order valence-corrected chi connectivity index (χ0v) is 16.1. The molecule has 29 heavy (non-hydrogen) atoms. The van der Waals surface area contributed by atoms with E-state index >= 15 is 0 Å². The first-order chi connectivity index (χ1) is 14.1. The van der Waals surface area contributed by atoms with Crippen molar-refractivity contribution in [2.75, 3.05) is 7.11 Å². The minimum absolute atomic E-state index is 0.102. The SMILES string of the molecule is COC(=O)c1ccc(CSc2nc3ccccc3c(=O)n2-c2ccc(F)cc2)o1. The smallest absolute Gasteiger partial charge is 0.373 e. The molecule has 0 saturated carbocycles. The van der Waals surface area contributed by atoms with Crippen LogP contribution in [0, 0.1) is 5.82 Å². The number of benzene rings is 2. The first-order valence-electron chi connectivity index (χ1n) is 8.64. The lowest BCUT2D eigenvalue weighted by molar-refractivity contribution is 0.0563. The van der Waals surface area contributed by atoms with Crippen LogP contribution in [0.1, 0.15) is 16.3 Å². The Hall–Kier alpha value is -3.39. The van der Waals surface area contributed by atoms with Crippen LogP contribution in [0.2, 0.25) is 0 Å².